The highest BCUT2D eigenvalue weighted by atomic mass is 16.3. The maximum Gasteiger partial charge on any atom is 0.137 e. The quantitative estimate of drug-likeness (QED) is 0.286. The van der Waals surface area contributed by atoms with Crippen LogP contribution in [0.5, 0.6) is 5.75 Å². The Morgan fingerprint density at radius 3 is 1.45 bits per heavy atom. The van der Waals surface area contributed by atoms with Crippen LogP contribution in [0.3, 0.4) is 0 Å². The van der Waals surface area contributed by atoms with Gasteiger partial charge in [0.25, 0.3) is 0 Å². The van der Waals surface area contributed by atoms with Crippen molar-refractivity contribution in [3.63, 3.8) is 0 Å². The molecule has 0 aromatic rings. The van der Waals surface area contributed by atoms with E-state index in [0.717, 1.165) is 108 Å². The normalized spacial score (nSPS) is 16.0. The summed E-state index contributed by atoms with van der Waals surface area (Å²) in [6.07, 6.45) is 8.85. The van der Waals surface area contributed by atoms with Crippen LogP contribution < -0.4 is 0 Å². The van der Waals surface area contributed by atoms with E-state index >= 15 is 0 Å². The van der Waals surface area contributed by atoms with Gasteiger partial charge in [0.05, 0.1) is 45.6 Å². The molecule has 6 nitrogen and oxygen atoms in total. The molecule has 0 unspecified atom stereocenters. The molecule has 0 saturated heterocycles. The third-order valence-corrected chi connectivity index (χ3v) is 10.4. The number of hydrogen-bond donors (Lipinski definition) is 3. The number of aromatic hydroxyl groups is 1. The van der Waals surface area contributed by atoms with E-state index in [1.54, 1.807) is 6.20 Å². The van der Waals surface area contributed by atoms with E-state index in [-0.39, 0.29) is 11.2 Å². The minimum absolute atomic E-state index is 0.288. The third kappa shape index (κ3) is 4.24. The zero-order chi connectivity index (χ0) is 31.3. The molecule has 44 heavy (non-hydrogen) atoms. The molecule has 0 atom stereocenters. The van der Waals surface area contributed by atoms with Gasteiger partial charge in [-0.1, -0.05) is 55.4 Å². The van der Waals surface area contributed by atoms with Crippen LogP contribution in [-0.4, -0.2) is 30.0 Å². The lowest BCUT2D eigenvalue weighted by Gasteiger charge is -2.29. The van der Waals surface area contributed by atoms with Crippen LogP contribution in [-0.2, 0) is 5.41 Å². The Hall–Kier alpha value is -3.93. The lowest BCUT2D eigenvalue weighted by atomic mass is 9.73. The van der Waals surface area contributed by atoms with E-state index in [1.807, 2.05) is 0 Å². The summed E-state index contributed by atoms with van der Waals surface area (Å²) in [5, 5.41) is 11.4. The highest BCUT2D eigenvalue weighted by Gasteiger charge is 2.42. The molecule has 8 bridgehead atoms. The number of pyridine rings is 1. The SMILES string of the molecule is CCC1=C(CC)c2cc3nc(c4[nH]cc(O)c5c-4[nH]c(cc4nc(cc1n2)C(CC)=C4CC)C5(CC)CC)C(CC)=C3CC. The van der Waals surface area contributed by atoms with Crippen molar-refractivity contribution in [2.45, 2.75) is 112 Å². The molecule has 6 heteroatoms. The Morgan fingerprint density at radius 2 is 1.00 bits per heavy atom. The topological polar surface area (TPSA) is 90.5 Å². The molecule has 3 N–H and O–H groups in total. The van der Waals surface area contributed by atoms with Gasteiger partial charge in [0.2, 0.25) is 0 Å². The van der Waals surface area contributed by atoms with Gasteiger partial charge in [-0.3, -0.25) is 0 Å². The van der Waals surface area contributed by atoms with Crippen LogP contribution in [0.25, 0.3) is 44.8 Å². The van der Waals surface area contributed by atoms with Crippen LogP contribution in [0.4, 0.5) is 0 Å². The molecule has 0 spiro atoms. The Labute approximate surface area is 262 Å². The first-order valence-corrected chi connectivity index (χ1v) is 16.9. The number of rotatable bonds is 8. The summed E-state index contributed by atoms with van der Waals surface area (Å²) in [6.45, 7) is 17.8. The summed E-state index contributed by atoms with van der Waals surface area (Å²) in [5.74, 6) is 0.288. The van der Waals surface area contributed by atoms with Crippen molar-refractivity contribution in [2.24, 2.45) is 0 Å². The Morgan fingerprint density at radius 1 is 0.568 bits per heavy atom. The first kappa shape index (κ1) is 30.1. The summed E-state index contributed by atoms with van der Waals surface area (Å²) in [5.41, 5.74) is 17.3. The van der Waals surface area contributed by atoms with Crippen LogP contribution in [0.1, 0.15) is 152 Å². The molecule has 230 valence electrons. The van der Waals surface area contributed by atoms with E-state index in [2.05, 4.69) is 83.6 Å². The fourth-order valence-electron chi connectivity index (χ4n) is 8.14. The summed E-state index contributed by atoms with van der Waals surface area (Å²) in [6, 6.07) is 6.70. The van der Waals surface area contributed by atoms with Gasteiger partial charge in [-0.25, -0.2) is 15.0 Å². The van der Waals surface area contributed by atoms with E-state index in [4.69, 9.17) is 15.0 Å². The van der Waals surface area contributed by atoms with Gasteiger partial charge in [-0.2, -0.15) is 0 Å². The molecule has 0 radical (unpaired) electrons. The van der Waals surface area contributed by atoms with Crippen LogP contribution in [0, 0.1) is 0 Å². The molecule has 0 saturated carbocycles. The maximum absolute atomic E-state index is 11.4. The van der Waals surface area contributed by atoms with Crippen molar-refractivity contribution in [2.75, 3.05) is 0 Å². The lowest BCUT2D eigenvalue weighted by molar-refractivity contribution is 0.421. The number of aromatic amines is 2. The van der Waals surface area contributed by atoms with Gasteiger partial charge in [0, 0.05) is 22.9 Å². The Balaban J connectivity index is 1.84. The number of nitrogens with zero attached hydrogens (tertiary/aromatic N) is 3. The standard InChI is InChI=1S/C38H47N5O/c1-9-21-22(10-2)29-18-30-25(13-5)26(14-6)35(42-30)37-36-34(32(44)20-39-37)38(15-7,16-8)33(43-36)19-31-24(12-4)23(11-3)28(41-31)17-27(21)40-29/h17-20,39,43-44H,9-16H2,1-8H3. The van der Waals surface area contributed by atoms with Crippen LogP contribution >= 0.6 is 0 Å². The molecule has 6 rings (SSSR count). The smallest absolute Gasteiger partial charge is 0.137 e. The van der Waals surface area contributed by atoms with Crippen LogP contribution in [0.15, 0.2) is 24.4 Å². The van der Waals surface area contributed by atoms with Gasteiger partial charge < -0.3 is 15.1 Å². The molecule has 6 aliphatic rings. The first-order valence-electron chi connectivity index (χ1n) is 16.9. The molecule has 6 aliphatic heterocycles. The Bertz CT molecular complexity index is 1810. The minimum atomic E-state index is -0.369. The van der Waals surface area contributed by atoms with Gasteiger partial charge in [-0.05, 0) is 103 Å². The number of H-pyrrole nitrogens is 2. The molecular formula is C38H47N5O. The highest BCUT2D eigenvalue weighted by Crippen LogP contribution is 2.52. The molecule has 0 fully saturated rings. The van der Waals surface area contributed by atoms with Crippen molar-refractivity contribution >= 4 is 33.4 Å². The minimum Gasteiger partial charge on any atom is -0.506 e. The third-order valence-electron chi connectivity index (χ3n) is 10.4. The van der Waals surface area contributed by atoms with Crippen molar-refractivity contribution in [3.8, 4) is 17.1 Å². The largest absolute Gasteiger partial charge is 0.506 e. The zero-order valence-electron chi connectivity index (χ0n) is 27.8. The lowest BCUT2D eigenvalue weighted by Crippen LogP contribution is -2.24. The second-order valence-electron chi connectivity index (χ2n) is 12.2. The number of fused-ring (bicyclic) bond motifs is 8. The van der Waals surface area contributed by atoms with Crippen molar-refractivity contribution in [1.29, 1.82) is 0 Å². The summed E-state index contributed by atoms with van der Waals surface area (Å²) >= 11 is 0. The number of allylic oxidation sites excluding steroid dienone is 6. The molecule has 0 aromatic heterocycles. The van der Waals surface area contributed by atoms with Crippen molar-refractivity contribution < 1.29 is 5.11 Å². The highest BCUT2D eigenvalue weighted by molar-refractivity contribution is 5.98. The first-order chi connectivity index (χ1) is 21.3. The number of nitrogens with one attached hydrogen (secondary N) is 2. The molecule has 0 amide bonds. The average molecular weight is 590 g/mol. The molecule has 0 aromatic carbocycles. The van der Waals surface area contributed by atoms with Gasteiger partial charge in [0.1, 0.15) is 5.75 Å². The molecule has 0 aliphatic carbocycles. The van der Waals surface area contributed by atoms with E-state index in [1.165, 1.54) is 33.4 Å². The van der Waals surface area contributed by atoms with E-state index in [9.17, 15) is 5.11 Å². The van der Waals surface area contributed by atoms with E-state index in [0.29, 0.717) is 0 Å². The second kappa shape index (κ2) is 11.5. The van der Waals surface area contributed by atoms with E-state index < -0.39 is 0 Å². The van der Waals surface area contributed by atoms with Crippen LogP contribution in [0.2, 0.25) is 0 Å². The predicted octanol–water partition coefficient (Wildman–Crippen LogP) is 10.3. The Kier molecular flexibility index (Phi) is 7.89. The maximum atomic E-state index is 11.4. The summed E-state index contributed by atoms with van der Waals surface area (Å²) in [7, 11) is 0. The average Bonchev–Trinajstić information content (AvgIpc) is 3.75. The number of hydrogen-bond acceptors (Lipinski definition) is 4. The van der Waals surface area contributed by atoms with Crippen molar-refractivity contribution in [1.82, 2.24) is 24.9 Å². The second-order valence-corrected chi connectivity index (χ2v) is 12.2. The number of aromatic nitrogens is 5. The summed E-state index contributed by atoms with van der Waals surface area (Å²) < 4.78 is 0. The van der Waals surface area contributed by atoms with Gasteiger partial charge in [-0.15, -0.1) is 0 Å². The fourth-order valence-corrected chi connectivity index (χ4v) is 8.14. The van der Waals surface area contributed by atoms with Crippen molar-refractivity contribution in [3.05, 3.63) is 69.8 Å². The monoisotopic (exact) mass is 589 g/mol. The summed E-state index contributed by atoms with van der Waals surface area (Å²) in [4.78, 5) is 23.3. The predicted molar refractivity (Wildman–Crippen MR) is 183 cm³/mol. The zero-order valence-corrected chi connectivity index (χ0v) is 27.8. The molecular weight excluding hydrogens is 542 g/mol. The van der Waals surface area contributed by atoms with Gasteiger partial charge in [0.15, 0.2) is 0 Å². The fraction of sp³-hybridized carbons (Fsp3) is 0.447. The molecule has 6 heterocycles. The van der Waals surface area contributed by atoms with Gasteiger partial charge >= 0.3 is 0 Å².